The van der Waals surface area contributed by atoms with E-state index in [0.29, 0.717) is 16.3 Å². The largest absolute Gasteiger partial charge is 0.352 e. The van der Waals surface area contributed by atoms with Crippen LogP contribution in [0, 0.1) is 13.8 Å². The van der Waals surface area contributed by atoms with Crippen molar-refractivity contribution in [3.05, 3.63) is 100 Å². The molecular weight excluding hydrogens is 560 g/mol. The molecule has 3 rings (SSSR count). The van der Waals surface area contributed by atoms with Crippen molar-refractivity contribution in [2.24, 2.45) is 0 Å². The van der Waals surface area contributed by atoms with Gasteiger partial charge in [0.15, 0.2) is 0 Å². The fourth-order valence-electron chi connectivity index (χ4n) is 4.46. The topological polar surface area (TPSA) is 90.0 Å². The lowest BCUT2D eigenvalue weighted by Gasteiger charge is -2.35. The molecule has 1 atom stereocenters. The van der Waals surface area contributed by atoms with Gasteiger partial charge in [0.05, 0.1) is 5.69 Å². The number of benzene rings is 3. The first-order valence-electron chi connectivity index (χ1n) is 13.4. The van der Waals surface area contributed by atoms with Crippen molar-refractivity contribution in [2.75, 3.05) is 24.9 Å². The number of carbonyl (C=O) groups excluding carboxylic acids is 2. The second-order valence-corrected chi connectivity index (χ2v) is 13.1. The van der Waals surface area contributed by atoms with Crippen LogP contribution in [0.5, 0.6) is 0 Å². The van der Waals surface area contributed by atoms with Gasteiger partial charge in [-0.25, -0.2) is 4.31 Å². The minimum absolute atomic E-state index is 0.0606. The van der Waals surface area contributed by atoms with E-state index in [1.165, 1.54) is 19.0 Å². The molecule has 0 saturated carbocycles. The Kier molecular flexibility index (Phi) is 11.0. The molecule has 10 heteroatoms. The summed E-state index contributed by atoms with van der Waals surface area (Å²) in [5, 5.41) is 3.44. The van der Waals surface area contributed by atoms with Gasteiger partial charge in [0, 0.05) is 38.1 Å². The predicted octanol–water partition coefficient (Wildman–Crippen LogP) is 4.73. The smallest absolute Gasteiger partial charge is 0.304 e. The highest BCUT2D eigenvalue weighted by Crippen LogP contribution is 2.26. The first-order valence-corrected chi connectivity index (χ1v) is 15.2. The number of hydrogen-bond donors (Lipinski definition) is 1. The maximum atomic E-state index is 14.3. The molecule has 0 bridgehead atoms. The predicted molar refractivity (Wildman–Crippen MR) is 165 cm³/mol. The number of nitrogens with one attached hydrogen (secondary N) is 1. The molecule has 3 aromatic carbocycles. The number of hydrogen-bond acceptors (Lipinski definition) is 4. The zero-order valence-corrected chi connectivity index (χ0v) is 26.0. The summed E-state index contributed by atoms with van der Waals surface area (Å²) >= 11 is 6.26. The van der Waals surface area contributed by atoms with E-state index in [1.807, 2.05) is 69.3 Å². The van der Waals surface area contributed by atoms with E-state index < -0.39 is 28.7 Å². The molecule has 0 fully saturated rings. The van der Waals surface area contributed by atoms with E-state index in [0.717, 1.165) is 25.3 Å². The van der Waals surface area contributed by atoms with Crippen molar-refractivity contribution < 1.29 is 18.0 Å². The Morgan fingerprint density at radius 2 is 1.56 bits per heavy atom. The van der Waals surface area contributed by atoms with Gasteiger partial charge in [0.2, 0.25) is 11.8 Å². The van der Waals surface area contributed by atoms with Crippen LogP contribution in [0.4, 0.5) is 5.69 Å². The van der Waals surface area contributed by atoms with Crippen molar-refractivity contribution in [2.45, 2.75) is 52.7 Å². The highest BCUT2D eigenvalue weighted by Gasteiger charge is 2.35. The highest BCUT2D eigenvalue weighted by atomic mass is 35.5. The van der Waals surface area contributed by atoms with Crippen molar-refractivity contribution in [1.82, 2.24) is 14.5 Å². The van der Waals surface area contributed by atoms with Gasteiger partial charge in [-0.1, -0.05) is 66.2 Å². The SMILES string of the molecule is Cc1ccc(C)c(N(CC(=O)N(Cc2cccc(Cl)c2)[C@H](Cc2ccccc2)C(=O)NC(C)C)S(=O)(=O)N(C)C)c1. The van der Waals surface area contributed by atoms with Gasteiger partial charge >= 0.3 is 10.2 Å². The molecule has 220 valence electrons. The molecule has 0 aliphatic rings. The van der Waals surface area contributed by atoms with E-state index >= 15 is 0 Å². The molecule has 0 aliphatic carbocycles. The van der Waals surface area contributed by atoms with Gasteiger partial charge in [0.1, 0.15) is 12.6 Å². The molecule has 0 aromatic heterocycles. The van der Waals surface area contributed by atoms with E-state index in [9.17, 15) is 18.0 Å². The lowest BCUT2D eigenvalue weighted by molar-refractivity contribution is -0.140. The van der Waals surface area contributed by atoms with E-state index in [-0.39, 0.29) is 24.9 Å². The fraction of sp³-hybridized carbons (Fsp3) is 0.355. The molecule has 1 N–H and O–H groups in total. The maximum Gasteiger partial charge on any atom is 0.304 e. The monoisotopic (exact) mass is 598 g/mol. The average Bonchev–Trinajstić information content (AvgIpc) is 2.90. The molecule has 3 aromatic rings. The summed E-state index contributed by atoms with van der Waals surface area (Å²) in [7, 11) is -1.21. The number of halogens is 1. The molecular formula is C31H39ClN4O4S. The van der Waals surface area contributed by atoms with Crippen molar-refractivity contribution in [3.63, 3.8) is 0 Å². The summed E-state index contributed by atoms with van der Waals surface area (Å²) in [6.45, 7) is 6.94. The number of amides is 2. The summed E-state index contributed by atoms with van der Waals surface area (Å²) in [6.07, 6.45) is 0.246. The summed E-state index contributed by atoms with van der Waals surface area (Å²) < 4.78 is 29.4. The summed E-state index contributed by atoms with van der Waals surface area (Å²) in [5.41, 5.74) is 3.54. The molecule has 0 aliphatic heterocycles. The third-order valence-electron chi connectivity index (χ3n) is 6.60. The van der Waals surface area contributed by atoms with Crippen LogP contribution < -0.4 is 9.62 Å². The van der Waals surface area contributed by atoms with Crippen molar-refractivity contribution >= 4 is 39.3 Å². The molecule has 0 heterocycles. The number of rotatable bonds is 12. The quantitative estimate of drug-likeness (QED) is 0.326. The number of aryl methyl sites for hydroxylation is 2. The first kappa shape index (κ1) is 32.1. The molecule has 0 saturated heterocycles. The van der Waals surface area contributed by atoms with Crippen LogP contribution in [0.15, 0.2) is 72.8 Å². The Bertz CT molecular complexity index is 1460. The van der Waals surface area contributed by atoms with Crippen LogP contribution in [-0.2, 0) is 32.8 Å². The van der Waals surface area contributed by atoms with Gasteiger partial charge in [-0.3, -0.25) is 9.59 Å². The molecule has 2 amide bonds. The Balaban J connectivity index is 2.13. The first-order chi connectivity index (χ1) is 19.3. The van der Waals surface area contributed by atoms with Crippen LogP contribution >= 0.6 is 11.6 Å². The molecule has 0 spiro atoms. The summed E-state index contributed by atoms with van der Waals surface area (Å²) in [4.78, 5) is 29.4. The Morgan fingerprint density at radius 1 is 0.902 bits per heavy atom. The molecule has 0 unspecified atom stereocenters. The number of nitrogens with zero attached hydrogens (tertiary/aromatic N) is 3. The zero-order valence-electron chi connectivity index (χ0n) is 24.5. The van der Waals surface area contributed by atoms with E-state index in [2.05, 4.69) is 5.32 Å². The average molecular weight is 599 g/mol. The third kappa shape index (κ3) is 8.55. The van der Waals surface area contributed by atoms with E-state index in [4.69, 9.17) is 11.6 Å². The second kappa shape index (κ2) is 14.0. The zero-order chi connectivity index (χ0) is 30.3. The maximum absolute atomic E-state index is 14.3. The summed E-state index contributed by atoms with van der Waals surface area (Å²) in [6, 6.07) is 20.9. The van der Waals surface area contributed by atoms with Crippen LogP contribution in [0.1, 0.15) is 36.1 Å². The highest BCUT2D eigenvalue weighted by molar-refractivity contribution is 7.90. The Hall–Kier alpha value is -3.40. The minimum Gasteiger partial charge on any atom is -0.352 e. The molecule has 0 radical (unpaired) electrons. The van der Waals surface area contributed by atoms with Gasteiger partial charge < -0.3 is 10.2 Å². The molecule has 41 heavy (non-hydrogen) atoms. The van der Waals surface area contributed by atoms with Crippen molar-refractivity contribution in [3.8, 4) is 0 Å². The lowest BCUT2D eigenvalue weighted by Crippen LogP contribution is -2.55. The van der Waals surface area contributed by atoms with Gasteiger partial charge in [-0.15, -0.1) is 0 Å². The van der Waals surface area contributed by atoms with E-state index in [1.54, 1.807) is 31.2 Å². The lowest BCUT2D eigenvalue weighted by atomic mass is 10.0. The summed E-state index contributed by atoms with van der Waals surface area (Å²) in [5.74, 6) is -0.843. The van der Waals surface area contributed by atoms with Crippen LogP contribution in [0.25, 0.3) is 0 Å². The third-order valence-corrected chi connectivity index (χ3v) is 8.64. The van der Waals surface area contributed by atoms with Gasteiger partial charge in [-0.2, -0.15) is 12.7 Å². The Labute approximate surface area is 249 Å². The second-order valence-electron chi connectivity index (χ2n) is 10.6. The van der Waals surface area contributed by atoms with Gasteiger partial charge in [0.25, 0.3) is 0 Å². The number of anilines is 1. The van der Waals surface area contributed by atoms with Crippen LogP contribution in [0.2, 0.25) is 5.02 Å². The van der Waals surface area contributed by atoms with Gasteiger partial charge in [-0.05, 0) is 68.1 Å². The minimum atomic E-state index is -4.07. The Morgan fingerprint density at radius 3 is 2.17 bits per heavy atom. The fourth-order valence-corrected chi connectivity index (χ4v) is 5.78. The molecule has 8 nitrogen and oxygen atoms in total. The normalized spacial score (nSPS) is 12.3. The van der Waals surface area contributed by atoms with Crippen LogP contribution in [0.3, 0.4) is 0 Å². The number of carbonyl (C=O) groups is 2. The van der Waals surface area contributed by atoms with Crippen LogP contribution in [-0.4, -0.2) is 62.2 Å². The standard InChI is InChI=1S/C31H39ClN4O4S/c1-22(2)33-31(38)29(19-25-11-8-7-9-12-25)35(20-26-13-10-14-27(32)18-26)30(37)21-36(41(39,40)34(5)6)28-17-23(3)15-16-24(28)4/h7-18,22,29H,19-21H2,1-6H3,(H,33,38)/t29-/m1/s1. The van der Waals surface area contributed by atoms with Crippen molar-refractivity contribution in [1.29, 1.82) is 0 Å².